The number of hydrogen-bond donors (Lipinski definition) is 1. The molecular weight excluding hydrogens is 222 g/mol. The van der Waals surface area contributed by atoms with E-state index in [2.05, 4.69) is 0 Å². The molecule has 1 aromatic carbocycles. The molecule has 0 unspecified atom stereocenters. The minimum atomic E-state index is -4.15. The van der Waals surface area contributed by atoms with Crippen LogP contribution in [0.1, 0.15) is 5.56 Å². The zero-order chi connectivity index (χ0) is 11.6. The molecule has 0 aliphatic carbocycles. The average molecular weight is 227 g/mol. The van der Waals surface area contributed by atoms with Gasteiger partial charge in [-0.15, -0.1) is 0 Å². The molecule has 78 valence electrons. The summed E-state index contributed by atoms with van der Waals surface area (Å²) in [5.74, 6) is 0. The summed E-state index contributed by atoms with van der Waals surface area (Å²) in [7, 11) is -4.15. The molecular formula is C7H5N3O4S. The van der Waals surface area contributed by atoms with E-state index in [0.717, 1.165) is 18.2 Å². The number of primary sulfonamides is 1. The fourth-order valence-electron chi connectivity index (χ4n) is 0.970. The summed E-state index contributed by atoms with van der Waals surface area (Å²) in [6.45, 7) is 0. The second-order valence-corrected chi connectivity index (χ2v) is 4.13. The fraction of sp³-hybridized carbons (Fsp3) is 0. The van der Waals surface area contributed by atoms with Gasteiger partial charge in [-0.1, -0.05) is 0 Å². The van der Waals surface area contributed by atoms with Crippen LogP contribution in [0, 0.1) is 21.4 Å². The van der Waals surface area contributed by atoms with E-state index in [1.54, 1.807) is 6.07 Å². The number of nitro benzene ring substituents is 1. The van der Waals surface area contributed by atoms with Gasteiger partial charge in [-0.25, -0.2) is 13.6 Å². The molecule has 0 fully saturated rings. The molecule has 0 atom stereocenters. The topological polar surface area (TPSA) is 127 Å². The number of sulfonamides is 1. The Bertz CT molecular complexity index is 558. The van der Waals surface area contributed by atoms with Crippen LogP contribution < -0.4 is 5.14 Å². The molecule has 0 amide bonds. The predicted molar refractivity (Wildman–Crippen MR) is 49.2 cm³/mol. The minimum Gasteiger partial charge on any atom is -0.258 e. The van der Waals surface area contributed by atoms with Gasteiger partial charge in [0.15, 0.2) is 4.90 Å². The fourth-order valence-corrected chi connectivity index (χ4v) is 1.65. The van der Waals surface area contributed by atoms with Crippen molar-refractivity contribution in [2.45, 2.75) is 4.90 Å². The van der Waals surface area contributed by atoms with Crippen LogP contribution in [0.2, 0.25) is 0 Å². The molecule has 0 radical (unpaired) electrons. The highest BCUT2D eigenvalue weighted by atomic mass is 32.2. The maximum atomic E-state index is 10.9. The lowest BCUT2D eigenvalue weighted by Gasteiger charge is -1.99. The number of hydrogen-bond acceptors (Lipinski definition) is 5. The lowest BCUT2D eigenvalue weighted by molar-refractivity contribution is -0.387. The van der Waals surface area contributed by atoms with Gasteiger partial charge in [-0.3, -0.25) is 10.1 Å². The van der Waals surface area contributed by atoms with Crippen molar-refractivity contribution in [3.8, 4) is 6.07 Å². The Morgan fingerprint density at radius 1 is 1.47 bits per heavy atom. The van der Waals surface area contributed by atoms with Crippen molar-refractivity contribution < 1.29 is 13.3 Å². The summed E-state index contributed by atoms with van der Waals surface area (Å²) >= 11 is 0. The Morgan fingerprint density at radius 3 is 2.47 bits per heavy atom. The third-order valence-corrected chi connectivity index (χ3v) is 2.55. The van der Waals surface area contributed by atoms with Crippen LogP contribution in [0.15, 0.2) is 23.1 Å². The van der Waals surface area contributed by atoms with Gasteiger partial charge >= 0.3 is 0 Å². The van der Waals surface area contributed by atoms with E-state index in [4.69, 9.17) is 10.4 Å². The molecule has 8 heteroatoms. The van der Waals surface area contributed by atoms with E-state index in [1.165, 1.54) is 0 Å². The van der Waals surface area contributed by atoms with E-state index in [1.807, 2.05) is 0 Å². The summed E-state index contributed by atoms with van der Waals surface area (Å²) < 4.78 is 21.9. The van der Waals surface area contributed by atoms with Gasteiger partial charge in [0.25, 0.3) is 5.69 Å². The maximum absolute atomic E-state index is 10.9. The Morgan fingerprint density at radius 2 is 2.07 bits per heavy atom. The largest absolute Gasteiger partial charge is 0.290 e. The van der Waals surface area contributed by atoms with Crippen LogP contribution in [-0.4, -0.2) is 13.3 Å². The van der Waals surface area contributed by atoms with Crippen LogP contribution in [-0.2, 0) is 10.0 Å². The molecule has 2 N–H and O–H groups in total. The molecule has 0 heterocycles. The van der Waals surface area contributed by atoms with Crippen LogP contribution in [0.3, 0.4) is 0 Å². The number of nitrogens with two attached hydrogens (primary N) is 1. The summed E-state index contributed by atoms with van der Waals surface area (Å²) in [4.78, 5) is 9.01. The first-order chi connectivity index (χ1) is 6.86. The van der Waals surface area contributed by atoms with Gasteiger partial charge in [0, 0.05) is 6.07 Å². The Balaban J connectivity index is 3.57. The van der Waals surface area contributed by atoms with Gasteiger partial charge in [-0.2, -0.15) is 5.26 Å². The van der Waals surface area contributed by atoms with Gasteiger partial charge in [0.1, 0.15) is 0 Å². The SMILES string of the molecule is N#Cc1ccc(S(N)(=O)=O)c([N+](=O)[O-])c1. The Labute approximate surface area is 84.9 Å². The van der Waals surface area contributed by atoms with Crippen molar-refractivity contribution >= 4 is 15.7 Å². The van der Waals surface area contributed by atoms with Crippen molar-refractivity contribution in [2.75, 3.05) is 0 Å². The minimum absolute atomic E-state index is 0.00546. The van der Waals surface area contributed by atoms with Crippen molar-refractivity contribution in [2.24, 2.45) is 5.14 Å². The third kappa shape index (κ3) is 2.28. The average Bonchev–Trinajstić information content (AvgIpc) is 2.15. The molecule has 0 aliphatic rings. The maximum Gasteiger partial charge on any atom is 0.290 e. The monoisotopic (exact) mass is 227 g/mol. The number of nitrogens with zero attached hydrogens (tertiary/aromatic N) is 2. The third-order valence-electron chi connectivity index (χ3n) is 1.59. The van der Waals surface area contributed by atoms with Crippen LogP contribution >= 0.6 is 0 Å². The van der Waals surface area contributed by atoms with E-state index in [9.17, 15) is 18.5 Å². The van der Waals surface area contributed by atoms with Crippen LogP contribution in [0.4, 0.5) is 5.69 Å². The first kappa shape index (κ1) is 11.1. The molecule has 0 saturated heterocycles. The van der Waals surface area contributed by atoms with Gasteiger partial charge < -0.3 is 0 Å². The van der Waals surface area contributed by atoms with Crippen LogP contribution in [0.25, 0.3) is 0 Å². The lowest BCUT2D eigenvalue weighted by atomic mass is 10.2. The van der Waals surface area contributed by atoms with Crippen molar-refractivity contribution in [3.05, 3.63) is 33.9 Å². The van der Waals surface area contributed by atoms with Gasteiger partial charge in [-0.05, 0) is 12.1 Å². The zero-order valence-corrected chi connectivity index (χ0v) is 8.06. The quantitative estimate of drug-likeness (QED) is 0.566. The lowest BCUT2D eigenvalue weighted by Crippen LogP contribution is -2.14. The Hall–Kier alpha value is -1.98. The predicted octanol–water partition coefficient (Wildman–Crippen LogP) is 0.114. The second kappa shape index (κ2) is 3.64. The molecule has 15 heavy (non-hydrogen) atoms. The molecule has 1 rings (SSSR count). The normalized spacial score (nSPS) is 10.7. The highest BCUT2D eigenvalue weighted by molar-refractivity contribution is 7.89. The highest BCUT2D eigenvalue weighted by Gasteiger charge is 2.22. The summed E-state index contributed by atoms with van der Waals surface area (Å²) in [5, 5.41) is 23.8. The smallest absolute Gasteiger partial charge is 0.258 e. The van der Waals surface area contributed by atoms with E-state index in [0.29, 0.717) is 0 Å². The van der Waals surface area contributed by atoms with E-state index in [-0.39, 0.29) is 5.56 Å². The van der Waals surface area contributed by atoms with Crippen molar-refractivity contribution in [1.29, 1.82) is 5.26 Å². The molecule has 0 saturated carbocycles. The second-order valence-electron chi connectivity index (χ2n) is 2.60. The molecule has 0 spiro atoms. The van der Waals surface area contributed by atoms with Gasteiger partial charge in [0.2, 0.25) is 10.0 Å². The molecule has 1 aromatic rings. The summed E-state index contributed by atoms with van der Waals surface area (Å²) in [6.07, 6.45) is 0. The van der Waals surface area contributed by atoms with E-state index >= 15 is 0 Å². The molecule has 0 aliphatic heterocycles. The number of benzene rings is 1. The standard InChI is InChI=1S/C7H5N3O4S/c8-4-5-1-2-7(15(9,13)14)6(3-5)10(11)12/h1-3H,(H2,9,13,14). The first-order valence-electron chi connectivity index (χ1n) is 3.57. The summed E-state index contributed by atoms with van der Waals surface area (Å²) in [6, 6.07) is 4.60. The number of nitriles is 1. The zero-order valence-electron chi connectivity index (χ0n) is 7.25. The molecule has 0 bridgehead atoms. The van der Waals surface area contributed by atoms with E-state index < -0.39 is 25.5 Å². The summed E-state index contributed by atoms with van der Waals surface area (Å²) in [5.41, 5.74) is -0.703. The Kier molecular flexibility index (Phi) is 2.69. The first-order valence-corrected chi connectivity index (χ1v) is 5.12. The number of rotatable bonds is 2. The van der Waals surface area contributed by atoms with Crippen molar-refractivity contribution in [1.82, 2.24) is 0 Å². The van der Waals surface area contributed by atoms with Crippen LogP contribution in [0.5, 0.6) is 0 Å². The molecule has 7 nitrogen and oxygen atoms in total. The number of nitro groups is 1. The van der Waals surface area contributed by atoms with Gasteiger partial charge in [0.05, 0.1) is 16.6 Å². The van der Waals surface area contributed by atoms with Crippen molar-refractivity contribution in [3.63, 3.8) is 0 Å². The highest BCUT2D eigenvalue weighted by Crippen LogP contribution is 2.23. The molecule has 0 aromatic heterocycles.